The minimum Gasteiger partial charge on any atom is -0.493 e. The quantitative estimate of drug-likeness (QED) is 0.172. The average molecular weight is 538 g/mol. The molecule has 6 heteroatoms. The first-order valence-electron chi connectivity index (χ1n) is 13.5. The number of hydrogen-bond donors (Lipinski definition) is 0. The van der Waals surface area contributed by atoms with Crippen molar-refractivity contribution in [1.82, 2.24) is 4.90 Å². The molecule has 3 aromatic carbocycles. The third kappa shape index (κ3) is 9.60. The fraction of sp³-hybridized carbons (Fsp3) is 0.406. The molecular weight excluding hydrogens is 498 g/mol. The van der Waals surface area contributed by atoms with Gasteiger partial charge in [0.1, 0.15) is 11.5 Å². The van der Waals surface area contributed by atoms with Gasteiger partial charge in [-0.15, -0.1) is 0 Å². The predicted molar refractivity (Wildman–Crippen MR) is 155 cm³/mol. The van der Waals surface area contributed by atoms with Crippen molar-refractivity contribution in [2.75, 3.05) is 20.8 Å². The molecule has 5 nitrogen and oxygen atoms in total. The number of methoxy groups -OCH3 is 2. The molecule has 0 unspecified atom stereocenters. The predicted octanol–water partition coefficient (Wildman–Crippen LogP) is 8.47. The Balaban J connectivity index is 1.68. The van der Waals surface area contributed by atoms with Crippen molar-refractivity contribution >= 4 is 17.5 Å². The first-order valence-corrected chi connectivity index (χ1v) is 13.9. The van der Waals surface area contributed by atoms with E-state index < -0.39 is 0 Å². The Bertz CT molecular complexity index is 1130. The molecule has 0 aromatic heterocycles. The van der Waals surface area contributed by atoms with Gasteiger partial charge in [-0.05, 0) is 72.5 Å². The maximum atomic E-state index is 13.3. The summed E-state index contributed by atoms with van der Waals surface area (Å²) in [7, 11) is 3.27. The van der Waals surface area contributed by atoms with Crippen LogP contribution in [0.25, 0.3) is 0 Å². The normalized spacial score (nSPS) is 10.7. The van der Waals surface area contributed by atoms with E-state index in [0.717, 1.165) is 41.9 Å². The van der Waals surface area contributed by atoms with Crippen LogP contribution in [0.15, 0.2) is 66.7 Å². The summed E-state index contributed by atoms with van der Waals surface area (Å²) < 4.78 is 16.8. The largest absolute Gasteiger partial charge is 0.493 e. The zero-order chi connectivity index (χ0) is 27.2. The van der Waals surface area contributed by atoms with Crippen molar-refractivity contribution in [3.8, 4) is 23.0 Å². The van der Waals surface area contributed by atoms with Crippen LogP contribution in [0.5, 0.6) is 23.0 Å². The minimum atomic E-state index is 0.185. The van der Waals surface area contributed by atoms with Gasteiger partial charge in [-0.3, -0.25) is 4.79 Å². The Morgan fingerprint density at radius 3 is 2.26 bits per heavy atom. The Hall–Kier alpha value is -3.18. The van der Waals surface area contributed by atoms with Gasteiger partial charge in [0.25, 0.3) is 0 Å². The van der Waals surface area contributed by atoms with Crippen LogP contribution in [-0.4, -0.2) is 31.6 Å². The van der Waals surface area contributed by atoms with Gasteiger partial charge in [-0.25, -0.2) is 0 Å². The van der Waals surface area contributed by atoms with Gasteiger partial charge >= 0.3 is 0 Å². The van der Waals surface area contributed by atoms with Crippen LogP contribution in [0.3, 0.4) is 0 Å². The summed E-state index contributed by atoms with van der Waals surface area (Å²) in [6, 6.07) is 21.1. The molecule has 0 saturated carbocycles. The zero-order valence-electron chi connectivity index (χ0n) is 22.9. The van der Waals surface area contributed by atoms with E-state index >= 15 is 0 Å². The Labute approximate surface area is 232 Å². The van der Waals surface area contributed by atoms with E-state index in [1.165, 1.54) is 25.7 Å². The fourth-order valence-corrected chi connectivity index (χ4v) is 4.50. The first-order chi connectivity index (χ1) is 18.5. The summed E-state index contributed by atoms with van der Waals surface area (Å²) >= 11 is 5.99. The summed E-state index contributed by atoms with van der Waals surface area (Å²) in [5, 5.41) is 0.667. The summed E-state index contributed by atoms with van der Waals surface area (Å²) in [5.74, 6) is 3.03. The van der Waals surface area contributed by atoms with E-state index in [1.807, 2.05) is 59.5 Å². The number of carbonyl (C=O) groups is 1. The summed E-state index contributed by atoms with van der Waals surface area (Å²) in [6.45, 7) is 3.36. The standard InChI is InChI=1S/C32H40ClNO4/c1-4-5-6-7-8-9-13-32(35)34(21-20-25-14-19-30(36-2)31(23-25)37-3)24-26-11-10-12-29(22-26)38-28-17-15-27(33)16-18-28/h10-12,14-19,22-23H,4-9,13,20-21,24H2,1-3H3. The van der Waals surface area contributed by atoms with Crippen molar-refractivity contribution < 1.29 is 19.0 Å². The molecule has 0 saturated heterocycles. The van der Waals surface area contributed by atoms with Gasteiger partial charge in [0.05, 0.1) is 14.2 Å². The van der Waals surface area contributed by atoms with Gasteiger partial charge in [0, 0.05) is 24.5 Å². The molecule has 0 aliphatic rings. The Kier molecular flexibility index (Phi) is 12.3. The van der Waals surface area contributed by atoms with Crippen LogP contribution in [0.4, 0.5) is 0 Å². The van der Waals surface area contributed by atoms with Gasteiger partial charge in [0.2, 0.25) is 5.91 Å². The summed E-state index contributed by atoms with van der Waals surface area (Å²) in [6.07, 6.45) is 8.24. The molecule has 0 atom stereocenters. The molecule has 38 heavy (non-hydrogen) atoms. The SMILES string of the molecule is CCCCCCCCC(=O)N(CCc1ccc(OC)c(OC)c1)Cc1cccc(Oc2ccc(Cl)cc2)c1. The lowest BCUT2D eigenvalue weighted by Gasteiger charge is -2.24. The number of ether oxygens (including phenoxy) is 3. The summed E-state index contributed by atoms with van der Waals surface area (Å²) in [4.78, 5) is 15.3. The highest BCUT2D eigenvalue weighted by atomic mass is 35.5. The number of rotatable bonds is 16. The molecule has 3 aromatic rings. The lowest BCUT2D eigenvalue weighted by molar-refractivity contribution is -0.131. The molecule has 0 heterocycles. The molecule has 3 rings (SSSR count). The number of unbranched alkanes of at least 4 members (excludes halogenated alkanes) is 5. The molecule has 0 fully saturated rings. The van der Waals surface area contributed by atoms with Crippen LogP contribution in [-0.2, 0) is 17.8 Å². The fourth-order valence-electron chi connectivity index (χ4n) is 4.37. The number of amides is 1. The number of hydrogen-bond acceptors (Lipinski definition) is 4. The van der Waals surface area contributed by atoms with E-state index in [2.05, 4.69) is 6.92 Å². The van der Waals surface area contributed by atoms with Gasteiger partial charge < -0.3 is 19.1 Å². The highest BCUT2D eigenvalue weighted by molar-refractivity contribution is 6.30. The van der Waals surface area contributed by atoms with E-state index in [0.29, 0.717) is 36.0 Å². The van der Waals surface area contributed by atoms with E-state index in [1.54, 1.807) is 26.4 Å². The monoisotopic (exact) mass is 537 g/mol. The third-order valence-corrected chi connectivity index (χ3v) is 6.79. The zero-order valence-corrected chi connectivity index (χ0v) is 23.6. The second kappa shape index (κ2) is 15.9. The number of carbonyl (C=O) groups excluding carboxylic acids is 1. The Morgan fingerprint density at radius 2 is 1.53 bits per heavy atom. The van der Waals surface area contributed by atoms with Gasteiger partial charge in [-0.2, -0.15) is 0 Å². The molecule has 0 N–H and O–H groups in total. The van der Waals surface area contributed by atoms with Gasteiger partial charge in [-0.1, -0.05) is 68.8 Å². The molecule has 0 aliphatic heterocycles. The number of benzene rings is 3. The van der Waals surface area contributed by atoms with Crippen molar-refractivity contribution in [2.24, 2.45) is 0 Å². The van der Waals surface area contributed by atoms with Crippen LogP contribution >= 0.6 is 11.6 Å². The van der Waals surface area contributed by atoms with Crippen molar-refractivity contribution in [1.29, 1.82) is 0 Å². The number of halogens is 1. The molecule has 1 amide bonds. The molecule has 0 aliphatic carbocycles. The van der Waals surface area contributed by atoms with E-state index in [4.69, 9.17) is 25.8 Å². The van der Waals surface area contributed by atoms with Crippen molar-refractivity contribution in [3.63, 3.8) is 0 Å². The second-order valence-electron chi connectivity index (χ2n) is 9.48. The van der Waals surface area contributed by atoms with Crippen LogP contribution in [0.1, 0.15) is 63.0 Å². The lowest BCUT2D eigenvalue weighted by atomic mass is 10.1. The smallest absolute Gasteiger partial charge is 0.222 e. The topological polar surface area (TPSA) is 48.0 Å². The van der Waals surface area contributed by atoms with Gasteiger partial charge in [0.15, 0.2) is 11.5 Å². The van der Waals surface area contributed by atoms with E-state index in [-0.39, 0.29) is 5.91 Å². The van der Waals surface area contributed by atoms with Crippen molar-refractivity contribution in [2.45, 2.75) is 64.8 Å². The Morgan fingerprint density at radius 1 is 0.789 bits per heavy atom. The maximum absolute atomic E-state index is 13.3. The van der Waals surface area contributed by atoms with Crippen molar-refractivity contribution in [3.05, 3.63) is 82.9 Å². The minimum absolute atomic E-state index is 0.185. The molecule has 0 bridgehead atoms. The first kappa shape index (κ1) is 29.4. The highest BCUT2D eigenvalue weighted by Gasteiger charge is 2.15. The molecule has 0 radical (unpaired) electrons. The molecule has 204 valence electrons. The van der Waals surface area contributed by atoms with Crippen LogP contribution in [0.2, 0.25) is 5.02 Å². The summed E-state index contributed by atoms with van der Waals surface area (Å²) in [5.41, 5.74) is 2.12. The van der Waals surface area contributed by atoms with E-state index in [9.17, 15) is 4.79 Å². The third-order valence-electron chi connectivity index (χ3n) is 6.54. The van der Waals surface area contributed by atoms with Crippen LogP contribution < -0.4 is 14.2 Å². The molecular formula is C32H40ClNO4. The molecule has 0 spiro atoms. The second-order valence-corrected chi connectivity index (χ2v) is 9.91. The number of nitrogens with zero attached hydrogens (tertiary/aromatic N) is 1. The lowest BCUT2D eigenvalue weighted by Crippen LogP contribution is -2.32. The highest BCUT2D eigenvalue weighted by Crippen LogP contribution is 2.28. The van der Waals surface area contributed by atoms with Crippen LogP contribution in [0, 0.1) is 0 Å². The maximum Gasteiger partial charge on any atom is 0.222 e. The average Bonchev–Trinajstić information content (AvgIpc) is 2.94.